The summed E-state index contributed by atoms with van der Waals surface area (Å²) in [5.41, 5.74) is 0. The van der Waals surface area contributed by atoms with Crippen LogP contribution >= 0.6 is 0 Å². The average molecular weight is 189 g/mol. The van der Waals surface area contributed by atoms with Crippen molar-refractivity contribution in [3.8, 4) is 0 Å². The van der Waals surface area contributed by atoms with E-state index in [0.717, 1.165) is 12.8 Å². The van der Waals surface area contributed by atoms with Gasteiger partial charge in [-0.1, -0.05) is 38.7 Å². The molecule has 0 aromatic carbocycles. The van der Waals surface area contributed by atoms with Gasteiger partial charge in [-0.25, -0.2) is 0 Å². The summed E-state index contributed by atoms with van der Waals surface area (Å²) in [5, 5.41) is 1.22. The van der Waals surface area contributed by atoms with Crippen LogP contribution in [0.15, 0.2) is 11.5 Å². The Morgan fingerprint density at radius 2 is 1.92 bits per heavy atom. The molecule has 0 heterocycles. The van der Waals surface area contributed by atoms with Crippen molar-refractivity contribution in [2.45, 2.75) is 45.4 Å². The lowest BCUT2D eigenvalue weighted by atomic mass is 10.1. The quantitative estimate of drug-likeness (QED) is 0.456. The maximum atomic E-state index is 10.0. The summed E-state index contributed by atoms with van der Waals surface area (Å²) >= 11 is -2.00. The van der Waals surface area contributed by atoms with E-state index in [9.17, 15) is 8.76 Å². The molecule has 1 unspecified atom stereocenters. The Labute approximate surface area is 77.3 Å². The van der Waals surface area contributed by atoms with E-state index in [2.05, 4.69) is 6.92 Å². The van der Waals surface area contributed by atoms with Gasteiger partial charge in [-0.3, -0.25) is 4.21 Å². The molecule has 0 radical (unpaired) electrons. The lowest BCUT2D eigenvalue weighted by Gasteiger charge is -1.97. The van der Waals surface area contributed by atoms with Crippen LogP contribution in [0.25, 0.3) is 0 Å². The lowest BCUT2D eigenvalue weighted by Crippen LogP contribution is -1.79. The van der Waals surface area contributed by atoms with Gasteiger partial charge in [0.2, 0.25) is 0 Å². The second-order valence-electron chi connectivity index (χ2n) is 2.84. The van der Waals surface area contributed by atoms with Gasteiger partial charge in [-0.2, -0.15) is 0 Å². The summed E-state index contributed by atoms with van der Waals surface area (Å²) in [5.74, 6) is 0. The van der Waals surface area contributed by atoms with Gasteiger partial charge < -0.3 is 4.55 Å². The summed E-state index contributed by atoms with van der Waals surface area (Å²) < 4.78 is 20.1. The van der Waals surface area contributed by atoms with Crippen molar-refractivity contribution in [3.63, 3.8) is 0 Å². The molecule has 72 valence electrons. The molecule has 0 spiro atoms. The van der Waals surface area contributed by atoms with Gasteiger partial charge >= 0.3 is 0 Å². The van der Waals surface area contributed by atoms with Crippen LogP contribution < -0.4 is 0 Å². The third kappa shape index (κ3) is 9.85. The molecule has 1 atom stereocenters. The molecule has 0 bridgehead atoms. The highest BCUT2D eigenvalue weighted by Gasteiger charge is 1.85. The molecule has 0 aliphatic carbocycles. The molecule has 0 N–H and O–H groups in total. The van der Waals surface area contributed by atoms with Gasteiger partial charge in [0.05, 0.1) is 0 Å². The largest absolute Gasteiger partial charge is 0.769 e. The lowest BCUT2D eigenvalue weighted by molar-refractivity contribution is 0.546. The van der Waals surface area contributed by atoms with E-state index in [1.165, 1.54) is 31.1 Å². The first-order valence-corrected chi connectivity index (χ1v) is 5.66. The minimum Gasteiger partial charge on any atom is -0.769 e. The van der Waals surface area contributed by atoms with Crippen molar-refractivity contribution in [2.24, 2.45) is 0 Å². The molecule has 0 rings (SSSR count). The smallest absolute Gasteiger partial charge is 0.0155 e. The molecule has 0 aromatic rings. The number of hydrogen-bond acceptors (Lipinski definition) is 2. The summed E-state index contributed by atoms with van der Waals surface area (Å²) in [6.07, 6.45) is 8.73. The summed E-state index contributed by atoms with van der Waals surface area (Å²) in [7, 11) is 0. The topological polar surface area (TPSA) is 40.1 Å². The Morgan fingerprint density at radius 3 is 2.50 bits per heavy atom. The van der Waals surface area contributed by atoms with E-state index in [4.69, 9.17) is 0 Å². The fourth-order valence-electron chi connectivity index (χ4n) is 1.01. The molecule has 0 fully saturated rings. The number of hydrogen-bond donors (Lipinski definition) is 0. The van der Waals surface area contributed by atoms with E-state index in [-0.39, 0.29) is 0 Å². The van der Waals surface area contributed by atoms with Gasteiger partial charge in [-0.05, 0) is 29.3 Å². The summed E-state index contributed by atoms with van der Waals surface area (Å²) in [4.78, 5) is 0. The zero-order chi connectivity index (χ0) is 9.23. The van der Waals surface area contributed by atoms with Crippen molar-refractivity contribution in [2.75, 3.05) is 0 Å². The first-order valence-electron chi connectivity index (χ1n) is 4.52. The standard InChI is InChI=1S/C9H18O2S/c1-2-3-4-5-6-7-8-9-12(10)11/h8-9H,2-7H2,1H3,(H,10,11)/p-1. The molecule has 12 heavy (non-hydrogen) atoms. The second-order valence-corrected chi connectivity index (χ2v) is 3.63. The Bertz CT molecular complexity index is 143. The van der Waals surface area contributed by atoms with E-state index >= 15 is 0 Å². The molecule has 3 heteroatoms. The second kappa shape index (κ2) is 8.94. The van der Waals surface area contributed by atoms with Crippen LogP contribution in [-0.2, 0) is 11.1 Å². The van der Waals surface area contributed by atoms with E-state index in [0.29, 0.717) is 0 Å². The summed E-state index contributed by atoms with van der Waals surface area (Å²) in [6, 6.07) is 0. The van der Waals surface area contributed by atoms with E-state index in [1.807, 2.05) is 0 Å². The van der Waals surface area contributed by atoms with Crippen molar-refractivity contribution < 1.29 is 8.76 Å². The molecular weight excluding hydrogens is 172 g/mol. The van der Waals surface area contributed by atoms with Gasteiger partial charge in [0.25, 0.3) is 0 Å². The maximum Gasteiger partial charge on any atom is -0.0155 e. The maximum absolute atomic E-state index is 10.0. The SMILES string of the molecule is CCCCCCCC=CS(=O)[O-]. The van der Waals surface area contributed by atoms with E-state index < -0.39 is 11.1 Å². The molecule has 2 nitrogen and oxygen atoms in total. The first-order chi connectivity index (χ1) is 5.77. The Morgan fingerprint density at radius 1 is 1.25 bits per heavy atom. The fourth-order valence-corrected chi connectivity index (χ4v) is 1.31. The van der Waals surface area contributed by atoms with Crippen molar-refractivity contribution >= 4 is 11.1 Å². The minimum absolute atomic E-state index is 0.887. The van der Waals surface area contributed by atoms with Crippen LogP contribution in [0.1, 0.15) is 45.4 Å². The Kier molecular flexibility index (Phi) is 8.83. The monoisotopic (exact) mass is 189 g/mol. The average Bonchev–Trinajstić information content (AvgIpc) is 2.02. The van der Waals surface area contributed by atoms with Crippen LogP contribution in [0.3, 0.4) is 0 Å². The Balaban J connectivity index is 3.05. The number of unbranched alkanes of at least 4 members (excludes halogenated alkanes) is 5. The predicted octanol–water partition coefficient (Wildman–Crippen LogP) is 2.74. The van der Waals surface area contributed by atoms with Gasteiger partial charge in [-0.15, -0.1) is 0 Å². The van der Waals surface area contributed by atoms with Gasteiger partial charge in [0.15, 0.2) is 0 Å². The van der Waals surface area contributed by atoms with Crippen LogP contribution in [0.5, 0.6) is 0 Å². The molecular formula is C9H17O2S-. The van der Waals surface area contributed by atoms with Crippen molar-refractivity contribution in [3.05, 3.63) is 11.5 Å². The van der Waals surface area contributed by atoms with E-state index in [1.54, 1.807) is 6.08 Å². The molecule has 0 saturated heterocycles. The normalized spacial score (nSPS) is 13.8. The van der Waals surface area contributed by atoms with Crippen molar-refractivity contribution in [1.29, 1.82) is 0 Å². The zero-order valence-corrected chi connectivity index (χ0v) is 8.44. The highest BCUT2D eigenvalue weighted by molar-refractivity contribution is 7.82. The minimum atomic E-state index is -2.00. The van der Waals surface area contributed by atoms with Crippen LogP contribution in [0.4, 0.5) is 0 Å². The highest BCUT2D eigenvalue weighted by Crippen LogP contribution is 2.05. The van der Waals surface area contributed by atoms with Gasteiger partial charge in [0.1, 0.15) is 0 Å². The van der Waals surface area contributed by atoms with Crippen LogP contribution in [0.2, 0.25) is 0 Å². The first kappa shape index (κ1) is 11.8. The fraction of sp³-hybridized carbons (Fsp3) is 0.778. The van der Waals surface area contributed by atoms with Crippen LogP contribution in [-0.4, -0.2) is 8.76 Å². The Hall–Kier alpha value is -0.150. The molecule has 0 aromatic heterocycles. The molecule has 0 aliphatic heterocycles. The van der Waals surface area contributed by atoms with Crippen LogP contribution in [0, 0.1) is 0 Å². The molecule has 0 aliphatic rings. The molecule has 0 saturated carbocycles. The zero-order valence-electron chi connectivity index (χ0n) is 7.62. The van der Waals surface area contributed by atoms with Crippen molar-refractivity contribution in [1.82, 2.24) is 0 Å². The predicted molar refractivity (Wildman–Crippen MR) is 51.4 cm³/mol. The highest BCUT2D eigenvalue weighted by atomic mass is 32.2. The van der Waals surface area contributed by atoms with Gasteiger partial charge in [0, 0.05) is 0 Å². The number of allylic oxidation sites excluding steroid dienone is 1. The molecule has 0 amide bonds. The summed E-state index contributed by atoms with van der Waals surface area (Å²) in [6.45, 7) is 2.18. The number of rotatable bonds is 7. The third-order valence-electron chi connectivity index (χ3n) is 1.68. The third-order valence-corrected chi connectivity index (χ3v) is 2.10.